The van der Waals surface area contributed by atoms with Crippen LogP contribution in [0.25, 0.3) is 0 Å². The highest BCUT2D eigenvalue weighted by Gasteiger charge is 2.44. The number of nitrogens with one attached hydrogen (secondary N) is 1. The van der Waals surface area contributed by atoms with E-state index in [2.05, 4.69) is 54.8 Å². The number of amides is 1. The van der Waals surface area contributed by atoms with Crippen LogP contribution >= 0.6 is 0 Å². The first kappa shape index (κ1) is 64.1. The molecule has 8 N–H and O–H groups in total. The number of rotatable bonds is 47. The molecule has 1 aliphatic rings. The van der Waals surface area contributed by atoms with Gasteiger partial charge in [0.05, 0.1) is 25.4 Å². The van der Waals surface area contributed by atoms with E-state index in [0.29, 0.717) is 19.3 Å². The molecule has 0 saturated carbocycles. The minimum absolute atomic E-state index is 0.239. The number of carbonyl (C=O) groups excluding carboxylic acids is 1. The first-order valence-electron chi connectivity index (χ1n) is 28.0. The fraction of sp³-hybridized carbons (Fsp3) is 0.842. The smallest absolute Gasteiger partial charge is 0.249 e. The molecule has 0 radical (unpaired) electrons. The summed E-state index contributed by atoms with van der Waals surface area (Å²) < 4.78 is 11.1. The van der Waals surface area contributed by atoms with Gasteiger partial charge in [-0.1, -0.05) is 203 Å². The first-order chi connectivity index (χ1) is 33.2. The lowest BCUT2D eigenvalue weighted by molar-refractivity contribution is -0.303. The maximum Gasteiger partial charge on any atom is 0.249 e. The summed E-state index contributed by atoms with van der Waals surface area (Å²) in [5.41, 5.74) is 0. The van der Waals surface area contributed by atoms with Crippen molar-refractivity contribution in [1.82, 2.24) is 5.32 Å². The van der Waals surface area contributed by atoms with Crippen molar-refractivity contribution in [2.24, 2.45) is 0 Å². The first-order valence-corrected chi connectivity index (χ1v) is 28.0. The Kier molecular flexibility index (Phi) is 43.5. The topological polar surface area (TPSA) is 189 Å². The van der Waals surface area contributed by atoms with Gasteiger partial charge in [0.1, 0.15) is 36.6 Å². The van der Waals surface area contributed by atoms with Crippen molar-refractivity contribution in [3.63, 3.8) is 0 Å². The zero-order chi connectivity index (χ0) is 49.7. The lowest BCUT2D eigenvalue weighted by atomic mass is 9.98. The predicted molar refractivity (Wildman–Crippen MR) is 279 cm³/mol. The fourth-order valence-corrected chi connectivity index (χ4v) is 8.83. The highest BCUT2D eigenvalue weighted by atomic mass is 16.7. The number of aliphatic hydroxyl groups excluding tert-OH is 7. The summed E-state index contributed by atoms with van der Waals surface area (Å²) >= 11 is 0. The van der Waals surface area contributed by atoms with E-state index in [0.717, 1.165) is 44.9 Å². The summed E-state index contributed by atoms with van der Waals surface area (Å²) in [4.78, 5) is 13.1. The molecule has 0 aliphatic carbocycles. The van der Waals surface area contributed by atoms with Crippen LogP contribution in [-0.2, 0) is 14.3 Å². The van der Waals surface area contributed by atoms with Crippen LogP contribution in [0, 0.1) is 0 Å². The van der Waals surface area contributed by atoms with Crippen molar-refractivity contribution in [3.8, 4) is 0 Å². The maximum atomic E-state index is 13.1. The Morgan fingerprint density at radius 1 is 0.529 bits per heavy atom. The van der Waals surface area contributed by atoms with Crippen LogP contribution in [-0.4, -0.2) is 110 Å². The minimum Gasteiger partial charge on any atom is -0.394 e. The number of carbonyl (C=O) groups is 1. The van der Waals surface area contributed by atoms with Crippen LogP contribution < -0.4 is 5.32 Å². The minimum atomic E-state index is -1.67. The molecule has 68 heavy (non-hydrogen) atoms. The van der Waals surface area contributed by atoms with Gasteiger partial charge in [-0.3, -0.25) is 4.79 Å². The van der Waals surface area contributed by atoms with Gasteiger partial charge in [0.15, 0.2) is 6.29 Å². The second-order valence-electron chi connectivity index (χ2n) is 19.6. The van der Waals surface area contributed by atoms with Gasteiger partial charge in [0.2, 0.25) is 5.91 Å². The quantitative estimate of drug-likeness (QED) is 0.0215. The van der Waals surface area contributed by atoms with Crippen molar-refractivity contribution in [2.75, 3.05) is 13.2 Å². The molecule has 398 valence electrons. The van der Waals surface area contributed by atoms with E-state index in [4.69, 9.17) is 9.47 Å². The lowest BCUT2D eigenvalue weighted by Crippen LogP contribution is -2.60. The molecule has 0 aromatic rings. The van der Waals surface area contributed by atoms with Crippen LogP contribution in [0.15, 0.2) is 48.6 Å². The van der Waals surface area contributed by atoms with Crippen LogP contribution in [0.2, 0.25) is 0 Å². The SMILES string of the molecule is C/C=C/CC/C=C/CC/C=C/CCCC(O)C(O)C(COC1OC(CO)C(O)C(O)C1O)NC(=O)C(O)CCCCCCCCCCCCCCC/C=C\CCCCCCCCCCCCCC. The molecule has 1 saturated heterocycles. The zero-order valence-corrected chi connectivity index (χ0v) is 43.3. The Bertz CT molecular complexity index is 1240. The molecule has 1 rings (SSSR count). The van der Waals surface area contributed by atoms with Gasteiger partial charge < -0.3 is 50.5 Å². The maximum absolute atomic E-state index is 13.1. The van der Waals surface area contributed by atoms with Crippen molar-refractivity contribution >= 4 is 5.91 Å². The number of unbranched alkanes of at least 4 members (excludes halogenated alkanes) is 28. The second kappa shape index (κ2) is 46.2. The summed E-state index contributed by atoms with van der Waals surface area (Å²) in [6, 6.07) is -1.19. The highest BCUT2D eigenvalue weighted by molar-refractivity contribution is 5.80. The number of aliphatic hydroxyl groups is 7. The van der Waals surface area contributed by atoms with E-state index >= 15 is 0 Å². The van der Waals surface area contributed by atoms with Gasteiger partial charge in [-0.05, 0) is 84.0 Å². The van der Waals surface area contributed by atoms with Crippen molar-refractivity contribution in [1.29, 1.82) is 0 Å². The number of allylic oxidation sites excluding steroid dienone is 8. The summed E-state index contributed by atoms with van der Waals surface area (Å²) in [6.45, 7) is 3.22. The van der Waals surface area contributed by atoms with Crippen LogP contribution in [0.4, 0.5) is 0 Å². The van der Waals surface area contributed by atoms with Gasteiger partial charge in [-0.2, -0.15) is 0 Å². The summed E-state index contributed by atoms with van der Waals surface area (Å²) in [5, 5.41) is 75.8. The molecule has 11 nitrogen and oxygen atoms in total. The molecule has 0 aromatic carbocycles. The van der Waals surface area contributed by atoms with E-state index in [1.54, 1.807) is 0 Å². The molecule has 9 unspecified atom stereocenters. The predicted octanol–water partition coefficient (Wildman–Crippen LogP) is 11.3. The Hall–Kier alpha value is -1.93. The Balaban J connectivity index is 2.24. The molecule has 1 fully saturated rings. The van der Waals surface area contributed by atoms with Crippen molar-refractivity contribution in [3.05, 3.63) is 48.6 Å². The van der Waals surface area contributed by atoms with E-state index in [1.165, 1.54) is 148 Å². The summed E-state index contributed by atoms with van der Waals surface area (Å²) in [7, 11) is 0. The van der Waals surface area contributed by atoms with Gasteiger partial charge >= 0.3 is 0 Å². The van der Waals surface area contributed by atoms with Crippen molar-refractivity contribution in [2.45, 2.75) is 294 Å². The Morgan fingerprint density at radius 2 is 0.941 bits per heavy atom. The van der Waals surface area contributed by atoms with E-state index in [9.17, 15) is 40.5 Å². The number of hydrogen-bond acceptors (Lipinski definition) is 10. The summed E-state index contributed by atoms with van der Waals surface area (Å²) in [6.07, 6.45) is 46.3. The largest absolute Gasteiger partial charge is 0.394 e. The highest BCUT2D eigenvalue weighted by Crippen LogP contribution is 2.23. The molecule has 11 heteroatoms. The van der Waals surface area contributed by atoms with Gasteiger partial charge in [-0.15, -0.1) is 0 Å². The standard InChI is InChI=1S/C57H105NO10/c1-3-5-7-9-11-13-15-17-18-19-20-21-22-23-24-25-26-27-28-29-30-31-32-33-35-37-39-41-43-45-50(61)56(66)58-48(47-67-57-55(65)54(64)53(63)51(46-59)68-57)52(62)49(60)44-42-40-38-36-34-16-14-12-10-8-6-4-2/h4,6,12,14,23-24,36,38,48-55,57,59-65H,3,5,7-11,13,15-22,25-35,37,39-47H2,1-2H3,(H,58,66)/b6-4+,14-12+,24-23-,38-36+. The average molecular weight is 964 g/mol. The average Bonchev–Trinajstić information content (AvgIpc) is 3.34. The third-order valence-electron chi connectivity index (χ3n) is 13.4. The normalized spacial score (nSPS) is 20.9. The van der Waals surface area contributed by atoms with E-state index < -0.39 is 74.2 Å². The zero-order valence-electron chi connectivity index (χ0n) is 43.3. The monoisotopic (exact) mass is 964 g/mol. The third kappa shape index (κ3) is 34.4. The van der Waals surface area contributed by atoms with Crippen LogP contribution in [0.5, 0.6) is 0 Å². The van der Waals surface area contributed by atoms with E-state index in [1.807, 2.05) is 13.0 Å². The van der Waals surface area contributed by atoms with Crippen LogP contribution in [0.3, 0.4) is 0 Å². The molecule has 1 aliphatic heterocycles. The lowest BCUT2D eigenvalue weighted by Gasteiger charge is -2.40. The molecular weight excluding hydrogens is 859 g/mol. The van der Waals surface area contributed by atoms with Crippen LogP contribution in [0.1, 0.15) is 239 Å². The molecule has 0 aromatic heterocycles. The van der Waals surface area contributed by atoms with E-state index in [-0.39, 0.29) is 12.8 Å². The number of ether oxygens (including phenoxy) is 2. The molecule has 0 spiro atoms. The molecule has 0 bridgehead atoms. The number of hydrogen-bond donors (Lipinski definition) is 8. The van der Waals surface area contributed by atoms with Gasteiger partial charge in [0, 0.05) is 0 Å². The molecule has 9 atom stereocenters. The molecule has 1 amide bonds. The Labute approximate surface area is 415 Å². The third-order valence-corrected chi connectivity index (χ3v) is 13.4. The van der Waals surface area contributed by atoms with Gasteiger partial charge in [-0.25, -0.2) is 0 Å². The molecule has 1 heterocycles. The Morgan fingerprint density at radius 3 is 1.40 bits per heavy atom. The summed E-state index contributed by atoms with van der Waals surface area (Å²) in [5.74, 6) is -0.713. The fourth-order valence-electron chi connectivity index (χ4n) is 8.83. The molecular formula is C57H105NO10. The van der Waals surface area contributed by atoms with Gasteiger partial charge in [0.25, 0.3) is 0 Å². The van der Waals surface area contributed by atoms with Crippen molar-refractivity contribution < 1.29 is 50.0 Å². The second-order valence-corrected chi connectivity index (χ2v) is 19.6.